The molecule has 0 atom stereocenters. The number of rotatable bonds is 6. The maximum absolute atomic E-state index is 8.92. The van der Waals surface area contributed by atoms with Gasteiger partial charge in [-0.25, -0.2) is 4.98 Å². The summed E-state index contributed by atoms with van der Waals surface area (Å²) in [6.07, 6.45) is 2.67. The number of pyridine rings is 1. The minimum atomic E-state index is 0.0245. The van der Waals surface area contributed by atoms with Gasteiger partial charge in [-0.2, -0.15) is 0 Å². The highest BCUT2D eigenvalue weighted by molar-refractivity contribution is 5.16. The SMILES string of the molecule is CC.CN1CCN(CCCOc2ccc(CO)cn2)CC1. The van der Waals surface area contributed by atoms with Crippen LogP contribution in [0, 0.1) is 0 Å². The van der Waals surface area contributed by atoms with E-state index in [1.807, 2.05) is 19.9 Å². The summed E-state index contributed by atoms with van der Waals surface area (Å²) in [4.78, 5) is 8.98. The molecule has 0 radical (unpaired) electrons. The monoisotopic (exact) mass is 295 g/mol. The van der Waals surface area contributed by atoms with E-state index in [0.717, 1.165) is 44.7 Å². The van der Waals surface area contributed by atoms with E-state index < -0.39 is 0 Å². The molecule has 2 rings (SSSR count). The van der Waals surface area contributed by atoms with Crippen molar-refractivity contribution in [2.24, 2.45) is 0 Å². The van der Waals surface area contributed by atoms with Gasteiger partial charge < -0.3 is 19.6 Å². The Morgan fingerprint density at radius 3 is 2.48 bits per heavy atom. The lowest BCUT2D eigenvalue weighted by molar-refractivity contribution is 0.145. The zero-order valence-corrected chi connectivity index (χ0v) is 13.6. The van der Waals surface area contributed by atoms with Crippen LogP contribution in [0.2, 0.25) is 0 Å². The first-order chi connectivity index (χ1) is 10.3. The zero-order chi connectivity index (χ0) is 15.5. The highest BCUT2D eigenvalue weighted by Crippen LogP contribution is 2.08. The molecule has 1 fully saturated rings. The number of aliphatic hydroxyl groups is 1. The second-order valence-corrected chi connectivity index (χ2v) is 5.01. The van der Waals surface area contributed by atoms with Gasteiger partial charge in [-0.05, 0) is 25.1 Å². The van der Waals surface area contributed by atoms with Gasteiger partial charge in [0.15, 0.2) is 0 Å². The van der Waals surface area contributed by atoms with Crippen molar-refractivity contribution in [2.45, 2.75) is 26.9 Å². The summed E-state index contributed by atoms with van der Waals surface area (Å²) < 4.78 is 5.59. The van der Waals surface area contributed by atoms with Crippen molar-refractivity contribution in [3.8, 4) is 5.88 Å². The van der Waals surface area contributed by atoms with E-state index in [9.17, 15) is 0 Å². The Morgan fingerprint density at radius 1 is 1.19 bits per heavy atom. The Hall–Kier alpha value is -1.17. The van der Waals surface area contributed by atoms with Crippen LogP contribution in [0.25, 0.3) is 0 Å². The lowest BCUT2D eigenvalue weighted by Gasteiger charge is -2.32. The molecule has 1 aromatic heterocycles. The Bertz CT molecular complexity index is 362. The standard InChI is InChI=1S/C14H23N3O2.C2H6/c1-16-6-8-17(9-7-16)5-2-10-19-14-4-3-13(12-18)11-15-14;1-2/h3-4,11,18H,2,5-10,12H2,1H3;1-2H3. The van der Waals surface area contributed by atoms with E-state index in [2.05, 4.69) is 21.8 Å². The molecule has 1 N–H and O–H groups in total. The number of piperazine rings is 1. The normalized spacial score (nSPS) is 16.2. The van der Waals surface area contributed by atoms with Crippen LogP contribution in [0.3, 0.4) is 0 Å². The highest BCUT2D eigenvalue weighted by atomic mass is 16.5. The molecule has 1 aliphatic rings. The van der Waals surface area contributed by atoms with Crippen molar-refractivity contribution in [1.82, 2.24) is 14.8 Å². The molecular formula is C16H29N3O2. The summed E-state index contributed by atoms with van der Waals surface area (Å²) in [7, 11) is 2.17. The number of aliphatic hydroxyl groups excluding tert-OH is 1. The smallest absolute Gasteiger partial charge is 0.213 e. The first kappa shape index (κ1) is 17.9. The van der Waals surface area contributed by atoms with Crippen molar-refractivity contribution in [1.29, 1.82) is 0 Å². The summed E-state index contributed by atoms with van der Waals surface area (Å²) in [5.74, 6) is 0.635. The number of hydrogen-bond donors (Lipinski definition) is 1. The van der Waals surface area contributed by atoms with Crippen LogP contribution in [0.5, 0.6) is 5.88 Å². The number of likely N-dealkylation sites (N-methyl/N-ethyl adjacent to an activating group) is 1. The van der Waals surface area contributed by atoms with E-state index in [0.29, 0.717) is 12.5 Å². The third kappa shape index (κ3) is 6.89. The Morgan fingerprint density at radius 2 is 1.90 bits per heavy atom. The van der Waals surface area contributed by atoms with Gasteiger partial charge in [-0.3, -0.25) is 0 Å². The van der Waals surface area contributed by atoms with E-state index >= 15 is 0 Å². The number of hydrogen-bond acceptors (Lipinski definition) is 5. The van der Waals surface area contributed by atoms with Crippen LogP contribution < -0.4 is 4.74 Å². The Labute approximate surface area is 128 Å². The van der Waals surface area contributed by atoms with Crippen molar-refractivity contribution >= 4 is 0 Å². The summed E-state index contributed by atoms with van der Waals surface area (Å²) in [6, 6.07) is 3.64. The van der Waals surface area contributed by atoms with E-state index in [1.165, 1.54) is 0 Å². The van der Waals surface area contributed by atoms with Gasteiger partial charge in [0.05, 0.1) is 13.2 Å². The maximum atomic E-state index is 8.92. The van der Waals surface area contributed by atoms with Crippen LogP contribution in [0.4, 0.5) is 0 Å². The third-order valence-electron chi connectivity index (χ3n) is 3.44. The first-order valence-corrected chi connectivity index (χ1v) is 7.87. The molecule has 0 unspecified atom stereocenters. The molecule has 0 spiro atoms. The number of nitrogens with zero attached hydrogens (tertiary/aromatic N) is 3. The largest absolute Gasteiger partial charge is 0.478 e. The van der Waals surface area contributed by atoms with E-state index in [4.69, 9.17) is 9.84 Å². The molecule has 2 heterocycles. The second kappa shape index (κ2) is 10.5. The molecule has 0 saturated carbocycles. The summed E-state index contributed by atoms with van der Waals surface area (Å²) >= 11 is 0. The van der Waals surface area contributed by atoms with Gasteiger partial charge in [0, 0.05) is 45.0 Å². The van der Waals surface area contributed by atoms with Crippen molar-refractivity contribution < 1.29 is 9.84 Å². The van der Waals surface area contributed by atoms with Crippen molar-refractivity contribution in [3.63, 3.8) is 0 Å². The fourth-order valence-electron chi connectivity index (χ4n) is 2.13. The van der Waals surface area contributed by atoms with Gasteiger partial charge in [0.2, 0.25) is 5.88 Å². The average Bonchev–Trinajstić information content (AvgIpc) is 2.56. The highest BCUT2D eigenvalue weighted by Gasteiger charge is 2.12. The van der Waals surface area contributed by atoms with Gasteiger partial charge in [0.1, 0.15) is 0 Å². The molecule has 5 nitrogen and oxygen atoms in total. The molecule has 120 valence electrons. The van der Waals surface area contributed by atoms with E-state index in [-0.39, 0.29) is 6.61 Å². The second-order valence-electron chi connectivity index (χ2n) is 5.01. The molecular weight excluding hydrogens is 266 g/mol. The lowest BCUT2D eigenvalue weighted by atomic mass is 10.3. The quantitative estimate of drug-likeness (QED) is 0.808. The predicted octanol–water partition coefficient (Wildman–Crippen LogP) is 1.62. The molecule has 21 heavy (non-hydrogen) atoms. The molecule has 0 amide bonds. The van der Waals surface area contributed by atoms with Gasteiger partial charge >= 0.3 is 0 Å². The molecule has 5 heteroatoms. The van der Waals surface area contributed by atoms with Gasteiger partial charge in [0.25, 0.3) is 0 Å². The lowest BCUT2D eigenvalue weighted by Crippen LogP contribution is -2.44. The number of ether oxygens (including phenoxy) is 1. The van der Waals surface area contributed by atoms with Gasteiger partial charge in [-0.1, -0.05) is 13.8 Å². The predicted molar refractivity (Wildman–Crippen MR) is 85.6 cm³/mol. The molecule has 0 aromatic carbocycles. The third-order valence-corrected chi connectivity index (χ3v) is 3.44. The Balaban J connectivity index is 0.00000106. The van der Waals surface area contributed by atoms with Crippen LogP contribution in [-0.4, -0.2) is 66.3 Å². The molecule has 1 aromatic rings. The molecule has 1 saturated heterocycles. The van der Waals surface area contributed by atoms with Crippen molar-refractivity contribution in [2.75, 3.05) is 46.4 Å². The minimum absolute atomic E-state index is 0.0245. The van der Waals surface area contributed by atoms with Crippen molar-refractivity contribution in [3.05, 3.63) is 23.9 Å². The zero-order valence-electron chi connectivity index (χ0n) is 13.6. The van der Waals surface area contributed by atoms with Crippen LogP contribution in [-0.2, 0) is 6.61 Å². The van der Waals surface area contributed by atoms with Gasteiger partial charge in [-0.15, -0.1) is 0 Å². The first-order valence-electron chi connectivity index (χ1n) is 7.87. The number of aromatic nitrogens is 1. The molecule has 0 bridgehead atoms. The van der Waals surface area contributed by atoms with E-state index in [1.54, 1.807) is 12.3 Å². The topological polar surface area (TPSA) is 48.8 Å². The van der Waals surface area contributed by atoms with Crippen LogP contribution in [0.15, 0.2) is 18.3 Å². The fourth-order valence-corrected chi connectivity index (χ4v) is 2.13. The average molecular weight is 295 g/mol. The fraction of sp³-hybridized carbons (Fsp3) is 0.688. The summed E-state index contributed by atoms with van der Waals surface area (Å²) in [5.41, 5.74) is 0.810. The maximum Gasteiger partial charge on any atom is 0.213 e. The minimum Gasteiger partial charge on any atom is -0.478 e. The Kier molecular flexibility index (Phi) is 8.98. The summed E-state index contributed by atoms with van der Waals surface area (Å²) in [6.45, 7) is 10.4. The molecule has 1 aliphatic heterocycles. The summed E-state index contributed by atoms with van der Waals surface area (Å²) in [5, 5.41) is 8.92. The van der Waals surface area contributed by atoms with Crippen LogP contribution in [0.1, 0.15) is 25.8 Å². The molecule has 0 aliphatic carbocycles. The van der Waals surface area contributed by atoms with Crippen LogP contribution >= 0.6 is 0 Å².